The van der Waals surface area contributed by atoms with Crippen molar-refractivity contribution < 1.29 is 4.74 Å². The highest BCUT2D eigenvalue weighted by Crippen LogP contribution is 2.32. The summed E-state index contributed by atoms with van der Waals surface area (Å²) in [6.07, 6.45) is 2.12. The zero-order valence-electron chi connectivity index (χ0n) is 10.3. The second-order valence-corrected chi connectivity index (χ2v) is 5.40. The lowest BCUT2D eigenvalue weighted by molar-refractivity contribution is 0.120. The SMILES string of the molecule is CCCOCCC(CBr)(CBr)c1ccccc1. The van der Waals surface area contributed by atoms with E-state index in [0.29, 0.717) is 0 Å². The maximum Gasteiger partial charge on any atom is 0.0475 e. The Morgan fingerprint density at radius 2 is 1.71 bits per heavy atom. The Morgan fingerprint density at radius 3 is 2.24 bits per heavy atom. The number of ether oxygens (including phenoxy) is 1. The van der Waals surface area contributed by atoms with Gasteiger partial charge in [0.05, 0.1) is 0 Å². The van der Waals surface area contributed by atoms with E-state index in [1.54, 1.807) is 0 Å². The highest BCUT2D eigenvalue weighted by atomic mass is 79.9. The molecule has 0 spiro atoms. The van der Waals surface area contributed by atoms with E-state index in [4.69, 9.17) is 4.74 Å². The van der Waals surface area contributed by atoms with Crippen LogP contribution >= 0.6 is 31.9 Å². The van der Waals surface area contributed by atoms with Gasteiger partial charge >= 0.3 is 0 Å². The lowest BCUT2D eigenvalue weighted by Gasteiger charge is -2.30. The first-order valence-electron chi connectivity index (χ1n) is 6.04. The number of alkyl halides is 2. The molecule has 0 N–H and O–H groups in total. The Morgan fingerprint density at radius 1 is 1.06 bits per heavy atom. The van der Waals surface area contributed by atoms with E-state index in [1.807, 2.05) is 0 Å². The summed E-state index contributed by atoms with van der Waals surface area (Å²) < 4.78 is 5.62. The Hall–Kier alpha value is 0.140. The lowest BCUT2D eigenvalue weighted by atomic mass is 9.82. The van der Waals surface area contributed by atoms with Crippen LogP contribution in [0.4, 0.5) is 0 Å². The maximum atomic E-state index is 5.62. The van der Waals surface area contributed by atoms with Crippen molar-refractivity contribution in [3.63, 3.8) is 0 Å². The molecule has 0 aliphatic heterocycles. The summed E-state index contributed by atoms with van der Waals surface area (Å²) in [5, 5.41) is 1.90. The minimum absolute atomic E-state index is 0.134. The Balaban J connectivity index is 2.68. The van der Waals surface area contributed by atoms with Gasteiger partial charge in [-0.1, -0.05) is 69.1 Å². The molecule has 1 aromatic rings. The fourth-order valence-electron chi connectivity index (χ4n) is 1.77. The van der Waals surface area contributed by atoms with Gasteiger partial charge in [0.2, 0.25) is 0 Å². The average Bonchev–Trinajstić information content (AvgIpc) is 2.41. The third-order valence-corrected chi connectivity index (χ3v) is 5.12. The molecule has 0 radical (unpaired) electrons. The Labute approximate surface area is 121 Å². The van der Waals surface area contributed by atoms with E-state index in [0.717, 1.165) is 36.7 Å². The third kappa shape index (κ3) is 4.38. The van der Waals surface area contributed by atoms with Crippen molar-refractivity contribution in [1.29, 1.82) is 0 Å². The molecule has 0 atom stereocenters. The normalized spacial score (nSPS) is 11.7. The van der Waals surface area contributed by atoms with Crippen LogP contribution in [0, 0.1) is 0 Å². The van der Waals surface area contributed by atoms with E-state index in [2.05, 4.69) is 69.1 Å². The number of hydrogen-bond donors (Lipinski definition) is 0. The van der Waals surface area contributed by atoms with Crippen molar-refractivity contribution in [3.8, 4) is 0 Å². The van der Waals surface area contributed by atoms with Gasteiger partial charge in [-0.2, -0.15) is 0 Å². The van der Waals surface area contributed by atoms with Gasteiger partial charge in [0.15, 0.2) is 0 Å². The van der Waals surface area contributed by atoms with Crippen LogP contribution in [0.5, 0.6) is 0 Å². The molecule has 0 aliphatic carbocycles. The standard InChI is InChI=1S/C14H20Br2O/c1-2-9-17-10-8-14(11-15,12-16)13-6-4-3-5-7-13/h3-7H,2,8-12H2,1H3. The molecule has 0 amide bonds. The molecule has 0 fully saturated rings. The van der Waals surface area contributed by atoms with Gasteiger partial charge in [0.1, 0.15) is 0 Å². The molecule has 1 rings (SSSR count). The number of benzene rings is 1. The molecular weight excluding hydrogens is 344 g/mol. The van der Waals surface area contributed by atoms with Crippen molar-refractivity contribution in [3.05, 3.63) is 35.9 Å². The van der Waals surface area contributed by atoms with Crippen molar-refractivity contribution in [2.75, 3.05) is 23.9 Å². The topological polar surface area (TPSA) is 9.23 Å². The predicted octanol–water partition coefficient (Wildman–Crippen LogP) is 4.53. The Kier molecular flexibility index (Phi) is 7.40. The van der Waals surface area contributed by atoms with Gasteiger partial charge < -0.3 is 4.74 Å². The van der Waals surface area contributed by atoms with Crippen LogP contribution in [0.1, 0.15) is 25.3 Å². The lowest BCUT2D eigenvalue weighted by Crippen LogP contribution is -2.31. The van der Waals surface area contributed by atoms with Gasteiger partial charge in [-0.15, -0.1) is 0 Å². The molecular formula is C14H20Br2O. The second kappa shape index (κ2) is 8.28. The van der Waals surface area contributed by atoms with Crippen molar-refractivity contribution in [2.24, 2.45) is 0 Å². The highest BCUT2D eigenvalue weighted by molar-refractivity contribution is 9.09. The van der Waals surface area contributed by atoms with Gasteiger partial charge in [0, 0.05) is 29.3 Å². The first-order chi connectivity index (χ1) is 8.29. The fourth-order valence-corrected chi connectivity index (χ4v) is 3.91. The van der Waals surface area contributed by atoms with Crippen molar-refractivity contribution in [1.82, 2.24) is 0 Å². The molecule has 0 unspecified atom stereocenters. The van der Waals surface area contributed by atoms with Crippen LogP contribution in [0.25, 0.3) is 0 Å². The first kappa shape index (κ1) is 15.2. The van der Waals surface area contributed by atoms with E-state index in [9.17, 15) is 0 Å². The number of rotatable bonds is 8. The van der Waals surface area contributed by atoms with Crippen LogP contribution in [0.3, 0.4) is 0 Å². The predicted molar refractivity (Wildman–Crippen MR) is 81.4 cm³/mol. The minimum Gasteiger partial charge on any atom is -0.381 e. The molecule has 96 valence electrons. The zero-order valence-corrected chi connectivity index (χ0v) is 13.5. The molecule has 0 aliphatic rings. The molecule has 17 heavy (non-hydrogen) atoms. The second-order valence-electron chi connectivity index (χ2n) is 4.28. The monoisotopic (exact) mass is 362 g/mol. The van der Waals surface area contributed by atoms with E-state index in [1.165, 1.54) is 5.56 Å². The average molecular weight is 364 g/mol. The molecule has 0 bridgehead atoms. The minimum atomic E-state index is 0.134. The zero-order chi connectivity index (χ0) is 12.6. The molecule has 1 aromatic carbocycles. The van der Waals surface area contributed by atoms with Gasteiger partial charge in [-0.3, -0.25) is 0 Å². The molecule has 3 heteroatoms. The summed E-state index contributed by atoms with van der Waals surface area (Å²) in [6.45, 7) is 3.81. The van der Waals surface area contributed by atoms with Gasteiger partial charge in [-0.05, 0) is 18.4 Å². The van der Waals surface area contributed by atoms with E-state index < -0.39 is 0 Å². The fraction of sp³-hybridized carbons (Fsp3) is 0.571. The summed E-state index contributed by atoms with van der Waals surface area (Å²) in [6, 6.07) is 10.7. The van der Waals surface area contributed by atoms with Crippen molar-refractivity contribution >= 4 is 31.9 Å². The number of halogens is 2. The van der Waals surface area contributed by atoms with E-state index in [-0.39, 0.29) is 5.41 Å². The quantitative estimate of drug-likeness (QED) is 0.487. The summed E-state index contributed by atoms with van der Waals surface area (Å²) in [5.74, 6) is 0. The third-order valence-electron chi connectivity index (χ3n) is 2.97. The smallest absolute Gasteiger partial charge is 0.0475 e. The molecule has 1 nitrogen and oxygen atoms in total. The summed E-state index contributed by atoms with van der Waals surface area (Å²) in [7, 11) is 0. The van der Waals surface area contributed by atoms with Crippen LogP contribution in [0.15, 0.2) is 30.3 Å². The van der Waals surface area contributed by atoms with Crippen LogP contribution < -0.4 is 0 Å². The highest BCUT2D eigenvalue weighted by Gasteiger charge is 2.29. The molecule has 0 heterocycles. The van der Waals surface area contributed by atoms with Crippen molar-refractivity contribution in [2.45, 2.75) is 25.2 Å². The molecule has 0 saturated heterocycles. The van der Waals surface area contributed by atoms with E-state index >= 15 is 0 Å². The summed E-state index contributed by atoms with van der Waals surface area (Å²) in [4.78, 5) is 0. The van der Waals surface area contributed by atoms with Crippen LogP contribution in [-0.2, 0) is 10.2 Å². The van der Waals surface area contributed by atoms with Gasteiger partial charge in [0.25, 0.3) is 0 Å². The van der Waals surface area contributed by atoms with Gasteiger partial charge in [-0.25, -0.2) is 0 Å². The number of hydrogen-bond acceptors (Lipinski definition) is 1. The largest absolute Gasteiger partial charge is 0.381 e. The summed E-state index contributed by atoms with van der Waals surface area (Å²) >= 11 is 7.31. The molecule has 0 saturated carbocycles. The Bertz CT molecular complexity index is 296. The first-order valence-corrected chi connectivity index (χ1v) is 8.28. The van der Waals surface area contributed by atoms with Crippen LogP contribution in [0.2, 0.25) is 0 Å². The van der Waals surface area contributed by atoms with Crippen LogP contribution in [-0.4, -0.2) is 23.9 Å². The molecule has 0 aromatic heterocycles. The summed E-state index contributed by atoms with van der Waals surface area (Å²) in [5.41, 5.74) is 1.50. The maximum absolute atomic E-state index is 5.62.